The zero-order chi connectivity index (χ0) is 34.6. The van der Waals surface area contributed by atoms with Crippen molar-refractivity contribution in [2.75, 3.05) is 19.1 Å². The lowest BCUT2D eigenvalue weighted by molar-refractivity contribution is -0.119. The first kappa shape index (κ1) is 34.6. The Kier molecular flexibility index (Phi) is 9.37. The van der Waals surface area contributed by atoms with Crippen LogP contribution >= 0.6 is 23.2 Å². The highest BCUT2D eigenvalue weighted by Gasteiger charge is 2.70. The van der Waals surface area contributed by atoms with Crippen molar-refractivity contribution in [3.05, 3.63) is 93.0 Å². The van der Waals surface area contributed by atoms with Crippen LogP contribution in [-0.4, -0.2) is 49.2 Å². The molecular weight excluding hydrogens is 647 g/mol. The van der Waals surface area contributed by atoms with Crippen LogP contribution in [0.5, 0.6) is 5.75 Å². The van der Waals surface area contributed by atoms with Gasteiger partial charge in [0.25, 0.3) is 0 Å². The molecule has 2 fully saturated rings. The fraction of sp³-hybridized carbons (Fsp3) is 0.417. The fourth-order valence-electron chi connectivity index (χ4n) is 7.51. The summed E-state index contributed by atoms with van der Waals surface area (Å²) in [6.07, 6.45) is -0.325. The van der Waals surface area contributed by atoms with Crippen molar-refractivity contribution in [2.45, 2.75) is 70.6 Å². The normalized spacial score (nSPS) is 24.4. The number of nitriles is 1. The molecule has 47 heavy (non-hydrogen) atoms. The van der Waals surface area contributed by atoms with E-state index in [9.17, 15) is 10.1 Å². The summed E-state index contributed by atoms with van der Waals surface area (Å²) < 4.78 is 43.0. The second kappa shape index (κ2) is 12.7. The number of esters is 1. The lowest BCUT2D eigenvalue weighted by Crippen LogP contribution is -2.53. The summed E-state index contributed by atoms with van der Waals surface area (Å²) in [4.78, 5) is 31.0. The zero-order valence-corrected chi connectivity index (χ0v) is 28.8. The third-order valence-corrected chi connectivity index (χ3v) is 9.74. The maximum Gasteiger partial charge on any atom is 0.337 e. The van der Waals surface area contributed by atoms with Gasteiger partial charge < -0.3 is 9.47 Å². The zero-order valence-electron chi connectivity index (χ0n) is 27.3. The van der Waals surface area contributed by atoms with E-state index in [1.54, 1.807) is 23.1 Å². The van der Waals surface area contributed by atoms with E-state index in [1.807, 2.05) is 39.5 Å². The largest absolute Gasteiger partial charge is 0.495 e. The summed E-state index contributed by atoms with van der Waals surface area (Å²) in [6.45, 7) is 9.90. The Bertz CT molecular complexity index is 1770. The van der Waals surface area contributed by atoms with Gasteiger partial charge in [0.05, 0.1) is 42.7 Å². The first-order valence-electron chi connectivity index (χ1n) is 15.3. The average molecular weight is 685 g/mol. The number of carbonyl (C=O) groups is 2. The van der Waals surface area contributed by atoms with E-state index in [-0.39, 0.29) is 38.4 Å². The molecule has 3 aromatic carbocycles. The second-order valence-corrected chi connectivity index (χ2v) is 14.5. The number of carbonyl (C=O) groups excluding carboxylic acids is 2. The van der Waals surface area contributed by atoms with Gasteiger partial charge in [0.1, 0.15) is 28.8 Å². The molecule has 0 bridgehead atoms. The van der Waals surface area contributed by atoms with Gasteiger partial charge in [-0.1, -0.05) is 76.0 Å². The predicted molar refractivity (Wildman–Crippen MR) is 177 cm³/mol. The van der Waals surface area contributed by atoms with Crippen LogP contribution in [0.25, 0.3) is 0 Å². The molecule has 2 aliphatic heterocycles. The van der Waals surface area contributed by atoms with Gasteiger partial charge >= 0.3 is 5.97 Å². The lowest BCUT2D eigenvalue weighted by atomic mass is 9.62. The van der Waals surface area contributed by atoms with E-state index in [4.69, 9.17) is 32.7 Å². The van der Waals surface area contributed by atoms with Crippen molar-refractivity contribution in [2.24, 2.45) is 11.3 Å². The quantitative estimate of drug-likeness (QED) is 0.234. The molecule has 3 aromatic rings. The van der Waals surface area contributed by atoms with E-state index >= 15 is 13.6 Å². The van der Waals surface area contributed by atoms with Crippen LogP contribution in [0.1, 0.15) is 68.4 Å². The Labute approximate surface area is 284 Å². The number of ether oxygens (including phenoxy) is 2. The average Bonchev–Trinajstić information content (AvgIpc) is 3.46. The standard InChI is InChI=1S/C36H37Cl2F2N3O4/c1-19(2)32-42(26-14-11-20(34(45)47-7)15-27(26)46-6)33(44)31-29(22-9-8-10-24(38)30(22)40)36(18-41,23-13-12-21(37)16-25(23)39)28(43(31)32)17-35(3,4)5/h8-16,19,28-29,31-32H,17H2,1-7H3/t28-,29-,31+,32+,36-/m0/s1. The predicted octanol–water partition coefficient (Wildman–Crippen LogP) is 8.13. The van der Waals surface area contributed by atoms with Gasteiger partial charge in [0.15, 0.2) is 0 Å². The van der Waals surface area contributed by atoms with Crippen molar-refractivity contribution < 1.29 is 27.8 Å². The van der Waals surface area contributed by atoms with Gasteiger partial charge in [-0.05, 0) is 59.7 Å². The molecule has 7 nitrogen and oxygen atoms in total. The first-order chi connectivity index (χ1) is 22.1. The second-order valence-electron chi connectivity index (χ2n) is 13.6. The summed E-state index contributed by atoms with van der Waals surface area (Å²) in [5, 5.41) is 11.3. The van der Waals surface area contributed by atoms with E-state index < -0.39 is 58.5 Å². The van der Waals surface area contributed by atoms with Crippen molar-refractivity contribution >= 4 is 40.8 Å². The van der Waals surface area contributed by atoms with Crippen LogP contribution in [0, 0.1) is 34.3 Å². The number of methoxy groups -OCH3 is 2. The Balaban J connectivity index is 1.86. The number of halogens is 4. The van der Waals surface area contributed by atoms with Crippen LogP contribution in [0.4, 0.5) is 14.5 Å². The van der Waals surface area contributed by atoms with Gasteiger partial charge in [-0.15, -0.1) is 0 Å². The number of benzene rings is 3. The highest BCUT2D eigenvalue weighted by molar-refractivity contribution is 6.31. The fourth-order valence-corrected chi connectivity index (χ4v) is 7.85. The van der Waals surface area contributed by atoms with Gasteiger partial charge in [0.2, 0.25) is 5.91 Å². The van der Waals surface area contributed by atoms with Crippen molar-refractivity contribution in [1.29, 1.82) is 5.26 Å². The monoisotopic (exact) mass is 683 g/mol. The van der Waals surface area contributed by atoms with Crippen LogP contribution < -0.4 is 9.64 Å². The molecule has 0 spiro atoms. The van der Waals surface area contributed by atoms with Gasteiger partial charge in [-0.3, -0.25) is 14.6 Å². The number of nitrogens with zero attached hydrogens (tertiary/aromatic N) is 3. The molecule has 248 valence electrons. The number of hydrogen-bond donors (Lipinski definition) is 0. The summed E-state index contributed by atoms with van der Waals surface area (Å²) in [5.41, 5.74) is -1.48. The minimum atomic E-state index is -1.74. The smallest absolute Gasteiger partial charge is 0.337 e. The molecule has 1 amide bonds. The third-order valence-electron chi connectivity index (χ3n) is 9.21. The van der Waals surface area contributed by atoms with Gasteiger partial charge in [-0.2, -0.15) is 5.26 Å². The minimum absolute atomic E-state index is 0.0271. The van der Waals surface area contributed by atoms with Crippen molar-refractivity contribution in [1.82, 2.24) is 4.90 Å². The molecule has 0 saturated carbocycles. The van der Waals surface area contributed by atoms with E-state index in [0.717, 1.165) is 6.07 Å². The molecule has 0 radical (unpaired) electrons. The lowest BCUT2D eigenvalue weighted by Gasteiger charge is -2.43. The maximum atomic E-state index is 16.2. The number of fused-ring (bicyclic) bond motifs is 1. The molecule has 0 aliphatic carbocycles. The summed E-state index contributed by atoms with van der Waals surface area (Å²) in [7, 11) is 2.70. The topological polar surface area (TPSA) is 82.9 Å². The van der Waals surface area contributed by atoms with Crippen molar-refractivity contribution in [3.8, 4) is 11.8 Å². The third kappa shape index (κ3) is 5.64. The van der Waals surface area contributed by atoms with Crippen LogP contribution in [-0.2, 0) is 14.9 Å². The molecule has 2 aliphatic rings. The minimum Gasteiger partial charge on any atom is -0.495 e. The van der Waals surface area contributed by atoms with Gasteiger partial charge in [-0.25, -0.2) is 13.6 Å². The molecule has 5 atom stereocenters. The van der Waals surface area contributed by atoms with Crippen LogP contribution in [0.3, 0.4) is 0 Å². The summed E-state index contributed by atoms with van der Waals surface area (Å²) >= 11 is 12.5. The highest BCUT2D eigenvalue weighted by Crippen LogP contribution is 2.60. The molecular formula is C36H37Cl2F2N3O4. The Morgan fingerprint density at radius 1 is 1.09 bits per heavy atom. The summed E-state index contributed by atoms with van der Waals surface area (Å²) in [6, 6.07) is 13.8. The molecule has 5 rings (SSSR count). The van der Waals surface area contributed by atoms with E-state index in [2.05, 4.69) is 6.07 Å². The van der Waals surface area contributed by atoms with Gasteiger partial charge in [0, 0.05) is 22.5 Å². The van der Waals surface area contributed by atoms with Crippen molar-refractivity contribution in [3.63, 3.8) is 0 Å². The maximum absolute atomic E-state index is 16.2. The Hall–Kier alpha value is -3.71. The van der Waals surface area contributed by atoms with Crippen LogP contribution in [0.2, 0.25) is 10.0 Å². The SMILES string of the molecule is COC(=O)c1ccc(N2C(=O)[C@H]3[C@H](c4cccc(Cl)c4F)[C@@](C#N)(c4ccc(Cl)cc4F)[C@H](CC(C)(C)C)N3[C@@H]2C(C)C)c(OC)c1. The van der Waals surface area contributed by atoms with Crippen LogP contribution in [0.15, 0.2) is 54.6 Å². The molecule has 2 heterocycles. The van der Waals surface area contributed by atoms with E-state index in [1.165, 1.54) is 44.6 Å². The molecule has 2 saturated heterocycles. The number of anilines is 1. The molecule has 0 unspecified atom stereocenters. The first-order valence-corrected chi connectivity index (χ1v) is 16.1. The molecule has 11 heteroatoms. The Morgan fingerprint density at radius 2 is 1.79 bits per heavy atom. The number of rotatable bonds is 7. The summed E-state index contributed by atoms with van der Waals surface area (Å²) in [5.74, 6) is -3.67. The highest BCUT2D eigenvalue weighted by atomic mass is 35.5. The molecule has 0 N–H and O–H groups in total. The number of amides is 1. The molecule has 0 aromatic heterocycles. The Morgan fingerprint density at radius 3 is 2.36 bits per heavy atom. The van der Waals surface area contributed by atoms with E-state index in [0.29, 0.717) is 12.1 Å². The number of hydrogen-bond acceptors (Lipinski definition) is 6.